The molecule has 0 heterocycles. The average molecular weight is 352 g/mol. The van der Waals surface area contributed by atoms with Gasteiger partial charge in [-0.1, -0.05) is 111 Å². The molecule has 3 unspecified atom stereocenters. The fourth-order valence-corrected chi connectivity index (χ4v) is 5.48. The lowest BCUT2D eigenvalue weighted by atomic mass is 9.59. The highest BCUT2D eigenvalue weighted by Gasteiger charge is 2.42. The van der Waals surface area contributed by atoms with Crippen LogP contribution in [0.2, 0.25) is 0 Å². The Kier molecular flexibility index (Phi) is 12.9. The molecular weight excluding hydrogens is 302 g/mol. The molecule has 1 aliphatic rings. The monoisotopic (exact) mass is 351 g/mol. The van der Waals surface area contributed by atoms with Crippen LogP contribution in [0.3, 0.4) is 0 Å². The third-order valence-electron chi connectivity index (χ3n) is 7.27. The van der Waals surface area contributed by atoms with Crippen LogP contribution < -0.4 is 5.73 Å². The van der Waals surface area contributed by atoms with E-state index in [2.05, 4.69) is 20.8 Å². The lowest BCUT2D eigenvalue weighted by Crippen LogP contribution is -2.48. The highest BCUT2D eigenvalue weighted by molar-refractivity contribution is 4.95. The second-order valence-corrected chi connectivity index (χ2v) is 8.87. The molecule has 1 saturated carbocycles. The van der Waals surface area contributed by atoms with Crippen molar-refractivity contribution in [2.45, 2.75) is 142 Å². The SMILES string of the molecule is CCCCCCCCCCCCCC(N)C1(CC)CCCCC1CC. The van der Waals surface area contributed by atoms with E-state index >= 15 is 0 Å². The van der Waals surface area contributed by atoms with Gasteiger partial charge < -0.3 is 5.73 Å². The zero-order chi connectivity index (χ0) is 18.4. The molecule has 1 rings (SSSR count). The van der Waals surface area contributed by atoms with Gasteiger partial charge >= 0.3 is 0 Å². The molecule has 0 spiro atoms. The summed E-state index contributed by atoms with van der Waals surface area (Å²) in [5, 5.41) is 0. The number of hydrogen-bond acceptors (Lipinski definition) is 1. The molecule has 0 aromatic rings. The van der Waals surface area contributed by atoms with E-state index in [4.69, 9.17) is 5.73 Å². The molecule has 0 amide bonds. The highest BCUT2D eigenvalue weighted by atomic mass is 14.7. The molecule has 2 N–H and O–H groups in total. The van der Waals surface area contributed by atoms with E-state index in [-0.39, 0.29) is 0 Å². The zero-order valence-electron chi connectivity index (χ0n) is 18.0. The van der Waals surface area contributed by atoms with Crippen LogP contribution in [0, 0.1) is 11.3 Å². The Labute approximate surface area is 159 Å². The van der Waals surface area contributed by atoms with Crippen molar-refractivity contribution in [1.82, 2.24) is 0 Å². The van der Waals surface area contributed by atoms with Gasteiger partial charge in [0.15, 0.2) is 0 Å². The Morgan fingerprint density at radius 2 is 1.36 bits per heavy atom. The van der Waals surface area contributed by atoms with E-state index in [1.165, 1.54) is 116 Å². The number of hydrogen-bond donors (Lipinski definition) is 1. The third-order valence-corrected chi connectivity index (χ3v) is 7.27. The summed E-state index contributed by atoms with van der Waals surface area (Å²) >= 11 is 0. The predicted octanol–water partition coefficient (Wildman–Crippen LogP) is 8.01. The van der Waals surface area contributed by atoms with Crippen molar-refractivity contribution in [1.29, 1.82) is 0 Å². The fourth-order valence-electron chi connectivity index (χ4n) is 5.48. The first kappa shape index (κ1) is 23.0. The summed E-state index contributed by atoms with van der Waals surface area (Å²) in [5.74, 6) is 0.883. The van der Waals surface area contributed by atoms with Gasteiger partial charge in [0.05, 0.1) is 0 Å². The van der Waals surface area contributed by atoms with Gasteiger partial charge in [0.25, 0.3) is 0 Å². The van der Waals surface area contributed by atoms with Crippen LogP contribution in [0.5, 0.6) is 0 Å². The van der Waals surface area contributed by atoms with Crippen molar-refractivity contribution in [3.63, 3.8) is 0 Å². The number of unbranched alkanes of at least 4 members (excludes halogenated alkanes) is 10. The lowest BCUT2D eigenvalue weighted by molar-refractivity contribution is 0.0494. The van der Waals surface area contributed by atoms with Gasteiger partial charge in [0.1, 0.15) is 0 Å². The Morgan fingerprint density at radius 1 is 0.800 bits per heavy atom. The van der Waals surface area contributed by atoms with Crippen LogP contribution in [0.25, 0.3) is 0 Å². The molecule has 1 aliphatic carbocycles. The fraction of sp³-hybridized carbons (Fsp3) is 1.00. The van der Waals surface area contributed by atoms with E-state index in [9.17, 15) is 0 Å². The molecule has 1 heteroatoms. The van der Waals surface area contributed by atoms with Gasteiger partial charge in [-0.2, -0.15) is 0 Å². The van der Waals surface area contributed by atoms with Crippen molar-refractivity contribution in [3.8, 4) is 0 Å². The van der Waals surface area contributed by atoms with Crippen LogP contribution in [0.4, 0.5) is 0 Å². The van der Waals surface area contributed by atoms with Crippen molar-refractivity contribution in [2.24, 2.45) is 17.1 Å². The van der Waals surface area contributed by atoms with Gasteiger partial charge in [-0.3, -0.25) is 0 Å². The molecule has 3 atom stereocenters. The summed E-state index contributed by atoms with van der Waals surface area (Å²) in [4.78, 5) is 0. The molecule has 0 saturated heterocycles. The van der Waals surface area contributed by atoms with Crippen LogP contribution in [0.1, 0.15) is 136 Å². The summed E-state index contributed by atoms with van der Waals surface area (Å²) in [6, 6.07) is 0.446. The van der Waals surface area contributed by atoms with Crippen LogP contribution in [-0.4, -0.2) is 6.04 Å². The van der Waals surface area contributed by atoms with Gasteiger partial charge in [-0.05, 0) is 37.0 Å². The van der Waals surface area contributed by atoms with E-state index in [0.29, 0.717) is 11.5 Å². The second kappa shape index (κ2) is 14.1. The smallest absolute Gasteiger partial charge is 0.00981 e. The standard InChI is InChI=1S/C24H49N/c1-4-7-8-9-10-11-12-13-14-15-16-20-23(25)24(6-3)21-18-17-19-22(24)5-2/h22-23H,4-21,25H2,1-3H3. The Hall–Kier alpha value is -0.0400. The minimum Gasteiger partial charge on any atom is -0.327 e. The van der Waals surface area contributed by atoms with E-state index in [0.717, 1.165) is 5.92 Å². The molecule has 1 fully saturated rings. The van der Waals surface area contributed by atoms with Gasteiger partial charge in [0.2, 0.25) is 0 Å². The normalized spacial score (nSPS) is 25.2. The topological polar surface area (TPSA) is 26.0 Å². The largest absolute Gasteiger partial charge is 0.327 e. The van der Waals surface area contributed by atoms with Gasteiger partial charge in [0, 0.05) is 6.04 Å². The number of nitrogens with two attached hydrogens (primary N) is 1. The summed E-state index contributed by atoms with van der Waals surface area (Å²) < 4.78 is 0. The first-order chi connectivity index (χ1) is 12.2. The minimum absolute atomic E-state index is 0.446. The van der Waals surface area contributed by atoms with Crippen molar-refractivity contribution in [2.75, 3.05) is 0 Å². The first-order valence-corrected chi connectivity index (χ1v) is 12.0. The summed E-state index contributed by atoms with van der Waals surface area (Å²) in [6.07, 6.45) is 25.3. The first-order valence-electron chi connectivity index (χ1n) is 12.0. The average Bonchev–Trinajstić information content (AvgIpc) is 2.65. The van der Waals surface area contributed by atoms with Crippen molar-refractivity contribution < 1.29 is 0 Å². The number of rotatable bonds is 15. The van der Waals surface area contributed by atoms with Gasteiger partial charge in [-0.25, -0.2) is 0 Å². The highest BCUT2D eigenvalue weighted by Crippen LogP contribution is 2.48. The molecule has 0 radical (unpaired) electrons. The quantitative estimate of drug-likeness (QED) is 0.297. The van der Waals surface area contributed by atoms with Crippen LogP contribution in [-0.2, 0) is 0 Å². The summed E-state index contributed by atoms with van der Waals surface area (Å²) in [7, 11) is 0. The van der Waals surface area contributed by atoms with E-state index < -0.39 is 0 Å². The molecule has 1 nitrogen and oxygen atoms in total. The molecule has 25 heavy (non-hydrogen) atoms. The maximum atomic E-state index is 6.78. The minimum atomic E-state index is 0.446. The van der Waals surface area contributed by atoms with Gasteiger partial charge in [-0.15, -0.1) is 0 Å². The third kappa shape index (κ3) is 8.02. The molecule has 0 bridgehead atoms. The molecule has 150 valence electrons. The van der Waals surface area contributed by atoms with Crippen molar-refractivity contribution >= 4 is 0 Å². The Balaban J connectivity index is 2.10. The maximum Gasteiger partial charge on any atom is 0.00981 e. The van der Waals surface area contributed by atoms with Crippen molar-refractivity contribution in [3.05, 3.63) is 0 Å². The summed E-state index contributed by atoms with van der Waals surface area (Å²) in [6.45, 7) is 7.08. The second-order valence-electron chi connectivity index (χ2n) is 8.87. The van der Waals surface area contributed by atoms with Crippen LogP contribution in [0.15, 0.2) is 0 Å². The Bertz CT molecular complexity index is 300. The molecule has 0 aromatic carbocycles. The Morgan fingerprint density at radius 3 is 1.88 bits per heavy atom. The summed E-state index contributed by atoms with van der Waals surface area (Å²) in [5.41, 5.74) is 7.24. The zero-order valence-corrected chi connectivity index (χ0v) is 18.0. The molecular formula is C24H49N. The lowest BCUT2D eigenvalue weighted by Gasteiger charge is -2.48. The molecule has 0 aliphatic heterocycles. The van der Waals surface area contributed by atoms with E-state index in [1.54, 1.807) is 0 Å². The molecule has 0 aromatic heterocycles. The van der Waals surface area contributed by atoms with E-state index in [1.807, 2.05) is 0 Å². The predicted molar refractivity (Wildman–Crippen MR) is 114 cm³/mol. The van der Waals surface area contributed by atoms with Crippen LogP contribution >= 0.6 is 0 Å². The maximum absolute atomic E-state index is 6.78.